The summed E-state index contributed by atoms with van der Waals surface area (Å²) in [6, 6.07) is 16.8. The fraction of sp³-hybridized carbons (Fsp3) is 0.375. The Morgan fingerprint density at radius 2 is 1.66 bits per heavy atom. The Morgan fingerprint density at radius 1 is 0.927 bits per heavy atom. The number of alkyl halides is 3. The van der Waals surface area contributed by atoms with Gasteiger partial charge >= 0.3 is 6.18 Å². The Bertz CT molecular complexity index is 1550. The molecular formula is C32H33F3N4O2. The van der Waals surface area contributed by atoms with Gasteiger partial charge in [0.25, 0.3) is 0 Å². The minimum Gasteiger partial charge on any atom is -0.497 e. The van der Waals surface area contributed by atoms with Crippen LogP contribution in [0.25, 0.3) is 28.0 Å². The summed E-state index contributed by atoms with van der Waals surface area (Å²) in [5.41, 5.74) is 3.84. The van der Waals surface area contributed by atoms with Crippen LogP contribution in [0.2, 0.25) is 0 Å². The lowest BCUT2D eigenvalue weighted by Crippen LogP contribution is -2.49. The molecule has 41 heavy (non-hydrogen) atoms. The number of piperazine rings is 1. The summed E-state index contributed by atoms with van der Waals surface area (Å²) in [6.07, 6.45) is 1.73. The van der Waals surface area contributed by atoms with Gasteiger partial charge in [0.15, 0.2) is 0 Å². The molecular weight excluding hydrogens is 529 g/mol. The molecule has 1 saturated carbocycles. The van der Waals surface area contributed by atoms with Gasteiger partial charge in [-0.15, -0.1) is 0 Å². The number of hydrogen-bond donors (Lipinski definition) is 0. The number of pyridine rings is 1. The highest BCUT2D eigenvalue weighted by Crippen LogP contribution is 2.34. The smallest absolute Gasteiger partial charge is 0.416 e. The zero-order valence-corrected chi connectivity index (χ0v) is 23.0. The predicted octanol–water partition coefficient (Wildman–Crippen LogP) is 6.53. The Hall–Kier alpha value is -3.85. The fourth-order valence-corrected chi connectivity index (χ4v) is 6.06. The topological polar surface area (TPSA) is 50.1 Å². The fourth-order valence-electron chi connectivity index (χ4n) is 6.06. The quantitative estimate of drug-likeness (QED) is 0.268. The number of halogens is 3. The third-order valence-electron chi connectivity index (χ3n) is 8.35. The predicted molar refractivity (Wildman–Crippen MR) is 151 cm³/mol. The van der Waals surface area contributed by atoms with E-state index in [-0.39, 0.29) is 5.92 Å². The monoisotopic (exact) mass is 562 g/mol. The van der Waals surface area contributed by atoms with Crippen LogP contribution in [0.3, 0.4) is 0 Å². The van der Waals surface area contributed by atoms with Gasteiger partial charge in [-0.05, 0) is 60.4 Å². The summed E-state index contributed by atoms with van der Waals surface area (Å²) in [4.78, 5) is 22.2. The minimum atomic E-state index is -4.42. The molecule has 1 amide bonds. The summed E-state index contributed by atoms with van der Waals surface area (Å²) >= 11 is 0. The molecule has 2 aromatic carbocycles. The number of methoxy groups -OCH3 is 1. The van der Waals surface area contributed by atoms with Crippen molar-refractivity contribution in [3.05, 3.63) is 78.1 Å². The van der Waals surface area contributed by atoms with Crippen molar-refractivity contribution in [1.82, 2.24) is 19.2 Å². The van der Waals surface area contributed by atoms with Crippen LogP contribution in [-0.4, -0.2) is 58.4 Å². The number of aromatic nitrogens is 2. The van der Waals surface area contributed by atoms with Gasteiger partial charge in [0.05, 0.1) is 24.1 Å². The molecule has 0 N–H and O–H groups in total. The highest BCUT2D eigenvalue weighted by Gasteiger charge is 2.31. The zero-order chi connectivity index (χ0) is 28.6. The highest BCUT2D eigenvalue weighted by molar-refractivity contribution is 5.79. The molecule has 0 radical (unpaired) electrons. The SMILES string of the molecule is COc1cccc(-c2nc3ccc(-c4cccc(C(F)(F)F)c4)cn3c2CN2CCN(C(=O)C3CCCC3)CC2)c1. The number of carbonyl (C=O) groups is 1. The Balaban J connectivity index is 1.33. The second kappa shape index (κ2) is 11.2. The number of carbonyl (C=O) groups excluding carboxylic acids is 1. The van der Waals surface area contributed by atoms with E-state index in [1.165, 1.54) is 12.1 Å². The van der Waals surface area contributed by atoms with Gasteiger partial charge in [-0.1, -0.05) is 37.1 Å². The summed E-state index contributed by atoms with van der Waals surface area (Å²) in [5.74, 6) is 1.18. The lowest BCUT2D eigenvalue weighted by atomic mass is 10.0. The van der Waals surface area contributed by atoms with E-state index >= 15 is 0 Å². The maximum atomic E-state index is 13.4. The Kier molecular flexibility index (Phi) is 7.46. The van der Waals surface area contributed by atoms with Gasteiger partial charge in [-0.25, -0.2) is 4.98 Å². The van der Waals surface area contributed by atoms with Gasteiger partial charge in [0, 0.05) is 50.4 Å². The number of imidazole rings is 1. The van der Waals surface area contributed by atoms with Crippen LogP contribution in [0.15, 0.2) is 66.9 Å². The van der Waals surface area contributed by atoms with Gasteiger partial charge in [0.1, 0.15) is 11.4 Å². The first kappa shape index (κ1) is 27.3. The molecule has 6 rings (SSSR count). The molecule has 2 fully saturated rings. The van der Waals surface area contributed by atoms with Crippen LogP contribution in [-0.2, 0) is 17.5 Å². The first-order valence-corrected chi connectivity index (χ1v) is 14.1. The summed E-state index contributed by atoms with van der Waals surface area (Å²) < 4.78 is 47.7. The molecule has 6 nitrogen and oxygen atoms in total. The third kappa shape index (κ3) is 5.68. The van der Waals surface area contributed by atoms with E-state index in [4.69, 9.17) is 9.72 Å². The maximum absolute atomic E-state index is 13.4. The molecule has 2 aliphatic rings. The summed E-state index contributed by atoms with van der Waals surface area (Å²) in [7, 11) is 1.62. The first-order chi connectivity index (χ1) is 19.8. The van der Waals surface area contributed by atoms with Crippen LogP contribution in [0.1, 0.15) is 36.9 Å². The van der Waals surface area contributed by atoms with Crippen LogP contribution in [0.5, 0.6) is 5.75 Å². The number of rotatable bonds is 6. The van der Waals surface area contributed by atoms with Crippen molar-refractivity contribution in [2.24, 2.45) is 5.92 Å². The molecule has 214 valence electrons. The van der Waals surface area contributed by atoms with Gasteiger partial charge in [0.2, 0.25) is 5.91 Å². The number of fused-ring (bicyclic) bond motifs is 1. The summed E-state index contributed by atoms with van der Waals surface area (Å²) in [5, 5.41) is 0. The van der Waals surface area contributed by atoms with Crippen LogP contribution < -0.4 is 4.74 Å². The normalized spacial score (nSPS) is 16.9. The van der Waals surface area contributed by atoms with Crippen LogP contribution >= 0.6 is 0 Å². The largest absolute Gasteiger partial charge is 0.497 e. The summed E-state index contributed by atoms with van der Waals surface area (Å²) in [6.45, 7) is 3.46. The van der Waals surface area contributed by atoms with Gasteiger partial charge in [-0.3, -0.25) is 9.69 Å². The molecule has 2 aromatic heterocycles. The highest BCUT2D eigenvalue weighted by atomic mass is 19.4. The molecule has 9 heteroatoms. The molecule has 0 unspecified atom stereocenters. The van der Waals surface area contributed by atoms with Crippen molar-refractivity contribution >= 4 is 11.6 Å². The average Bonchev–Trinajstić information content (AvgIpc) is 3.66. The number of nitrogens with zero attached hydrogens (tertiary/aromatic N) is 4. The molecule has 3 heterocycles. The second-order valence-corrected chi connectivity index (χ2v) is 10.9. The van der Waals surface area contributed by atoms with E-state index < -0.39 is 11.7 Å². The van der Waals surface area contributed by atoms with E-state index in [1.54, 1.807) is 13.2 Å². The van der Waals surface area contributed by atoms with Crippen molar-refractivity contribution in [3.8, 4) is 28.1 Å². The van der Waals surface area contributed by atoms with Crippen LogP contribution in [0.4, 0.5) is 13.2 Å². The van der Waals surface area contributed by atoms with Crippen molar-refractivity contribution in [2.45, 2.75) is 38.4 Å². The molecule has 1 saturated heterocycles. The van der Waals surface area contributed by atoms with Crippen molar-refractivity contribution < 1.29 is 22.7 Å². The number of amides is 1. The van der Waals surface area contributed by atoms with E-state index in [1.807, 2.05) is 51.9 Å². The number of hydrogen-bond acceptors (Lipinski definition) is 4. The van der Waals surface area contributed by atoms with Crippen molar-refractivity contribution in [1.29, 1.82) is 0 Å². The number of benzene rings is 2. The first-order valence-electron chi connectivity index (χ1n) is 14.1. The van der Waals surface area contributed by atoms with Crippen molar-refractivity contribution in [2.75, 3.05) is 33.3 Å². The Labute approximate surface area is 237 Å². The van der Waals surface area contributed by atoms with E-state index in [9.17, 15) is 18.0 Å². The minimum absolute atomic E-state index is 0.175. The maximum Gasteiger partial charge on any atom is 0.416 e. The molecule has 0 bridgehead atoms. The lowest BCUT2D eigenvalue weighted by Gasteiger charge is -2.36. The van der Waals surface area contributed by atoms with Gasteiger partial charge < -0.3 is 14.0 Å². The van der Waals surface area contributed by atoms with E-state index in [0.29, 0.717) is 48.1 Å². The standard InChI is InChI=1S/C32H33F3N4O2/c1-41-27-11-5-9-24(19-27)30-28(21-37-14-16-38(17-15-37)31(40)22-6-2-3-7-22)39-20-25(12-13-29(39)36-30)23-8-4-10-26(18-23)32(33,34)35/h4-5,8-13,18-20,22H,2-3,6-7,14-17,21H2,1H3. The molecule has 4 aromatic rings. The average molecular weight is 563 g/mol. The third-order valence-corrected chi connectivity index (χ3v) is 8.35. The molecule has 0 spiro atoms. The Morgan fingerprint density at radius 3 is 2.39 bits per heavy atom. The zero-order valence-electron chi connectivity index (χ0n) is 23.0. The molecule has 1 aliphatic heterocycles. The molecule has 1 aliphatic carbocycles. The second-order valence-electron chi connectivity index (χ2n) is 10.9. The van der Waals surface area contributed by atoms with E-state index in [0.717, 1.165) is 61.8 Å². The number of ether oxygens (including phenoxy) is 1. The van der Waals surface area contributed by atoms with Crippen LogP contribution in [0, 0.1) is 5.92 Å². The molecule has 0 atom stereocenters. The van der Waals surface area contributed by atoms with E-state index in [2.05, 4.69) is 4.90 Å². The van der Waals surface area contributed by atoms with Gasteiger partial charge in [-0.2, -0.15) is 13.2 Å². The van der Waals surface area contributed by atoms with Crippen molar-refractivity contribution in [3.63, 3.8) is 0 Å². The lowest BCUT2D eigenvalue weighted by molar-refractivity contribution is -0.138.